The van der Waals surface area contributed by atoms with Crippen LogP contribution in [0.2, 0.25) is 0 Å². The first-order valence-electron chi connectivity index (χ1n) is 9.29. The lowest BCUT2D eigenvalue weighted by Gasteiger charge is -2.36. The normalized spacial score (nSPS) is 14.1. The molecule has 0 N–H and O–H groups in total. The fourth-order valence-electron chi connectivity index (χ4n) is 2.95. The summed E-state index contributed by atoms with van der Waals surface area (Å²) >= 11 is 0. The molecule has 3 rings (SSSR count). The Morgan fingerprint density at radius 2 is 1.52 bits per heavy atom. The van der Waals surface area contributed by atoms with Crippen LogP contribution in [-0.4, -0.2) is 50.2 Å². The van der Waals surface area contributed by atoms with E-state index in [0.29, 0.717) is 25.4 Å². The van der Waals surface area contributed by atoms with Gasteiger partial charge in [-0.1, -0.05) is 6.92 Å². The third-order valence-electron chi connectivity index (χ3n) is 4.48. The molecule has 0 radical (unpaired) electrons. The fraction of sp³-hybridized carbons (Fsp3) is 0.381. The molecule has 0 aliphatic carbocycles. The van der Waals surface area contributed by atoms with E-state index < -0.39 is 0 Å². The number of amides is 1. The van der Waals surface area contributed by atoms with Gasteiger partial charge in [0.15, 0.2) is 6.61 Å². The molecule has 6 heteroatoms. The summed E-state index contributed by atoms with van der Waals surface area (Å²) in [7, 11) is 0. The van der Waals surface area contributed by atoms with Gasteiger partial charge in [-0.3, -0.25) is 4.79 Å². The molecule has 0 spiro atoms. The number of benzene rings is 2. The van der Waals surface area contributed by atoms with E-state index >= 15 is 0 Å². The second kappa shape index (κ2) is 9.26. The number of hydrogen-bond acceptors (Lipinski definition) is 4. The molecule has 1 amide bonds. The minimum atomic E-state index is -0.241. The van der Waals surface area contributed by atoms with Crippen LogP contribution >= 0.6 is 0 Å². The third-order valence-corrected chi connectivity index (χ3v) is 4.48. The van der Waals surface area contributed by atoms with Crippen molar-refractivity contribution in [2.45, 2.75) is 13.3 Å². The van der Waals surface area contributed by atoms with Gasteiger partial charge in [0.1, 0.15) is 17.3 Å². The second-order valence-electron chi connectivity index (χ2n) is 6.45. The van der Waals surface area contributed by atoms with Crippen molar-refractivity contribution in [1.82, 2.24) is 4.90 Å². The summed E-state index contributed by atoms with van der Waals surface area (Å²) in [5.74, 6) is 1.18. The molecule has 0 aromatic heterocycles. The van der Waals surface area contributed by atoms with Gasteiger partial charge in [-0.15, -0.1) is 0 Å². The molecule has 1 heterocycles. The first-order chi connectivity index (χ1) is 13.2. The minimum absolute atomic E-state index is 0.0196. The van der Waals surface area contributed by atoms with Crippen molar-refractivity contribution in [3.63, 3.8) is 0 Å². The number of halogens is 1. The van der Waals surface area contributed by atoms with Gasteiger partial charge in [-0.2, -0.15) is 0 Å². The Kier molecular flexibility index (Phi) is 6.52. The molecule has 0 unspecified atom stereocenters. The Morgan fingerprint density at radius 1 is 0.926 bits per heavy atom. The van der Waals surface area contributed by atoms with E-state index in [4.69, 9.17) is 9.47 Å². The zero-order valence-corrected chi connectivity index (χ0v) is 15.6. The van der Waals surface area contributed by atoms with Crippen LogP contribution in [0, 0.1) is 5.82 Å². The maximum absolute atomic E-state index is 13.0. The molecule has 2 aromatic carbocycles. The van der Waals surface area contributed by atoms with Crippen molar-refractivity contribution in [3.05, 3.63) is 54.3 Å². The van der Waals surface area contributed by atoms with Gasteiger partial charge in [0.2, 0.25) is 0 Å². The highest BCUT2D eigenvalue weighted by atomic mass is 19.1. The van der Waals surface area contributed by atoms with E-state index in [1.807, 2.05) is 24.3 Å². The van der Waals surface area contributed by atoms with E-state index in [0.717, 1.165) is 30.9 Å². The lowest BCUT2D eigenvalue weighted by atomic mass is 10.2. The van der Waals surface area contributed by atoms with Crippen LogP contribution in [0.4, 0.5) is 10.1 Å². The molecule has 144 valence electrons. The second-order valence-corrected chi connectivity index (χ2v) is 6.45. The minimum Gasteiger partial charge on any atom is -0.494 e. The maximum atomic E-state index is 13.0. The largest absolute Gasteiger partial charge is 0.494 e. The number of carbonyl (C=O) groups excluding carboxylic acids is 1. The summed E-state index contributed by atoms with van der Waals surface area (Å²) in [6.45, 7) is 5.46. The highest BCUT2D eigenvalue weighted by Gasteiger charge is 2.21. The molecule has 0 saturated carbocycles. The van der Waals surface area contributed by atoms with Crippen molar-refractivity contribution < 1.29 is 18.7 Å². The van der Waals surface area contributed by atoms with Crippen LogP contribution in [0.3, 0.4) is 0 Å². The van der Waals surface area contributed by atoms with Crippen molar-refractivity contribution in [3.8, 4) is 11.5 Å². The summed E-state index contributed by atoms with van der Waals surface area (Å²) in [6.07, 6.45) is 0.960. The first-order valence-corrected chi connectivity index (χ1v) is 9.29. The summed E-state index contributed by atoms with van der Waals surface area (Å²) in [6, 6.07) is 13.8. The van der Waals surface area contributed by atoms with Gasteiger partial charge >= 0.3 is 0 Å². The molecule has 5 nitrogen and oxygen atoms in total. The zero-order chi connectivity index (χ0) is 19.1. The SMILES string of the molecule is CCCOc1ccc(OCC(=O)N2CCN(c3ccc(F)cc3)CC2)cc1. The lowest BCUT2D eigenvalue weighted by Crippen LogP contribution is -2.50. The Bertz CT molecular complexity index is 726. The Hall–Kier alpha value is -2.76. The average molecular weight is 372 g/mol. The lowest BCUT2D eigenvalue weighted by molar-refractivity contribution is -0.133. The summed E-state index contributed by atoms with van der Waals surface area (Å²) in [5.41, 5.74) is 0.977. The highest BCUT2D eigenvalue weighted by Crippen LogP contribution is 2.19. The van der Waals surface area contributed by atoms with Gasteiger partial charge in [-0.25, -0.2) is 4.39 Å². The van der Waals surface area contributed by atoms with E-state index in [1.54, 1.807) is 17.0 Å². The molecule has 1 aliphatic heterocycles. The molecule has 0 bridgehead atoms. The molecule has 1 saturated heterocycles. The van der Waals surface area contributed by atoms with Crippen LogP contribution in [0.5, 0.6) is 11.5 Å². The first kappa shape index (κ1) is 19.0. The predicted octanol–water partition coefficient (Wildman–Crippen LogP) is 3.34. The molecule has 1 aliphatic rings. The topological polar surface area (TPSA) is 42.0 Å². The Morgan fingerprint density at radius 3 is 2.11 bits per heavy atom. The number of rotatable bonds is 7. The van der Waals surface area contributed by atoms with E-state index in [2.05, 4.69) is 11.8 Å². The fourth-order valence-corrected chi connectivity index (χ4v) is 2.95. The van der Waals surface area contributed by atoms with Crippen LogP contribution in [-0.2, 0) is 4.79 Å². The van der Waals surface area contributed by atoms with Gasteiger partial charge in [0.25, 0.3) is 5.91 Å². The van der Waals surface area contributed by atoms with Crippen LogP contribution < -0.4 is 14.4 Å². The Balaban J connectivity index is 1.43. The Labute approximate surface area is 159 Å². The van der Waals surface area contributed by atoms with Gasteiger partial charge in [-0.05, 0) is 55.0 Å². The molecule has 27 heavy (non-hydrogen) atoms. The van der Waals surface area contributed by atoms with Crippen molar-refractivity contribution >= 4 is 11.6 Å². The molecular weight excluding hydrogens is 347 g/mol. The molecule has 0 atom stereocenters. The molecule has 2 aromatic rings. The number of hydrogen-bond donors (Lipinski definition) is 0. The maximum Gasteiger partial charge on any atom is 0.260 e. The molecular formula is C21H25FN2O3. The highest BCUT2D eigenvalue weighted by molar-refractivity contribution is 5.78. The average Bonchev–Trinajstić information content (AvgIpc) is 2.72. The monoisotopic (exact) mass is 372 g/mol. The zero-order valence-electron chi connectivity index (χ0n) is 15.6. The van der Waals surface area contributed by atoms with Crippen molar-refractivity contribution in [2.24, 2.45) is 0 Å². The van der Waals surface area contributed by atoms with Crippen molar-refractivity contribution in [2.75, 3.05) is 44.3 Å². The quantitative estimate of drug-likeness (QED) is 0.748. The number of carbonyl (C=O) groups is 1. The van der Waals surface area contributed by atoms with Crippen LogP contribution in [0.1, 0.15) is 13.3 Å². The van der Waals surface area contributed by atoms with E-state index in [1.165, 1.54) is 12.1 Å². The standard InChI is InChI=1S/C21H25FN2O3/c1-2-15-26-19-7-9-20(10-8-19)27-16-21(25)24-13-11-23(12-14-24)18-5-3-17(22)4-6-18/h3-10H,2,11-16H2,1H3. The summed E-state index contributed by atoms with van der Waals surface area (Å²) in [5, 5.41) is 0. The number of ether oxygens (including phenoxy) is 2. The van der Waals surface area contributed by atoms with Crippen LogP contribution in [0.25, 0.3) is 0 Å². The number of anilines is 1. The number of piperazine rings is 1. The summed E-state index contributed by atoms with van der Waals surface area (Å²) < 4.78 is 24.2. The molecule has 1 fully saturated rings. The van der Waals surface area contributed by atoms with Crippen molar-refractivity contribution in [1.29, 1.82) is 0 Å². The summed E-state index contributed by atoms with van der Waals surface area (Å²) in [4.78, 5) is 16.3. The smallest absolute Gasteiger partial charge is 0.260 e. The van der Waals surface area contributed by atoms with E-state index in [9.17, 15) is 9.18 Å². The van der Waals surface area contributed by atoms with Gasteiger partial charge in [0, 0.05) is 31.9 Å². The third kappa shape index (κ3) is 5.36. The predicted molar refractivity (Wildman–Crippen MR) is 103 cm³/mol. The number of nitrogens with zero attached hydrogens (tertiary/aromatic N) is 2. The van der Waals surface area contributed by atoms with Crippen LogP contribution in [0.15, 0.2) is 48.5 Å². The van der Waals surface area contributed by atoms with Gasteiger partial charge < -0.3 is 19.3 Å². The van der Waals surface area contributed by atoms with E-state index in [-0.39, 0.29) is 18.3 Å². The van der Waals surface area contributed by atoms with Gasteiger partial charge in [0.05, 0.1) is 6.61 Å².